The van der Waals surface area contributed by atoms with Crippen molar-refractivity contribution in [3.8, 4) is 11.5 Å². The summed E-state index contributed by atoms with van der Waals surface area (Å²) in [5, 5.41) is 0. The van der Waals surface area contributed by atoms with Crippen LogP contribution in [-0.4, -0.2) is 49.0 Å². The molecular formula is C29H31N3O7. The van der Waals surface area contributed by atoms with E-state index < -0.39 is 36.0 Å². The van der Waals surface area contributed by atoms with E-state index in [0.29, 0.717) is 22.6 Å². The Morgan fingerprint density at radius 2 is 1.46 bits per heavy atom. The first-order valence-corrected chi connectivity index (χ1v) is 12.1. The molecule has 1 aliphatic rings. The predicted molar refractivity (Wildman–Crippen MR) is 143 cm³/mol. The molecule has 1 aliphatic heterocycles. The van der Waals surface area contributed by atoms with E-state index in [9.17, 15) is 19.2 Å². The van der Waals surface area contributed by atoms with Crippen LogP contribution in [0.15, 0.2) is 78.9 Å². The Kier molecular flexibility index (Phi) is 10.0. The average Bonchev–Trinajstić information content (AvgIpc) is 3.25. The number of nitrogens with zero attached hydrogens (tertiary/aromatic N) is 1. The van der Waals surface area contributed by atoms with Crippen LogP contribution in [0.5, 0.6) is 11.5 Å². The first-order chi connectivity index (χ1) is 18.7. The average molecular weight is 534 g/mol. The van der Waals surface area contributed by atoms with Gasteiger partial charge in [-0.1, -0.05) is 66.2 Å². The highest BCUT2D eigenvalue weighted by molar-refractivity contribution is 6.13. The molecule has 2 atom stereocenters. The van der Waals surface area contributed by atoms with E-state index in [0.717, 1.165) is 4.90 Å². The Morgan fingerprint density at radius 1 is 0.897 bits per heavy atom. The number of amides is 4. The maximum Gasteiger partial charge on any atom is 0.418 e. The van der Waals surface area contributed by atoms with Gasteiger partial charge in [-0.2, -0.15) is 0 Å². The zero-order valence-electron chi connectivity index (χ0n) is 22.2. The van der Waals surface area contributed by atoms with E-state index in [1.54, 1.807) is 55.5 Å². The van der Waals surface area contributed by atoms with Gasteiger partial charge in [0.25, 0.3) is 17.9 Å². The molecule has 0 aliphatic carbocycles. The molecule has 1 saturated heterocycles. The van der Waals surface area contributed by atoms with Crippen LogP contribution in [0.25, 0.3) is 0 Å². The zero-order valence-corrected chi connectivity index (χ0v) is 22.2. The maximum atomic E-state index is 12.6. The van der Waals surface area contributed by atoms with Crippen LogP contribution in [0.4, 0.5) is 4.79 Å². The molecule has 10 heteroatoms. The van der Waals surface area contributed by atoms with E-state index in [-0.39, 0.29) is 6.42 Å². The Bertz CT molecular complexity index is 1280. The van der Waals surface area contributed by atoms with Crippen molar-refractivity contribution < 1.29 is 33.4 Å². The second-order valence-electron chi connectivity index (χ2n) is 8.65. The number of hydrogen-bond donors (Lipinski definition) is 2. The molecule has 0 bridgehead atoms. The van der Waals surface area contributed by atoms with Gasteiger partial charge in [0.05, 0.1) is 26.7 Å². The third-order valence-corrected chi connectivity index (χ3v) is 5.83. The van der Waals surface area contributed by atoms with E-state index in [1.165, 1.54) is 19.8 Å². The first-order valence-electron chi connectivity index (χ1n) is 12.1. The molecule has 10 nitrogen and oxygen atoms in total. The molecule has 1 heterocycles. The van der Waals surface area contributed by atoms with Crippen LogP contribution in [0, 0.1) is 6.92 Å². The molecular weight excluding hydrogens is 502 g/mol. The highest BCUT2D eigenvalue weighted by Gasteiger charge is 2.47. The lowest BCUT2D eigenvalue weighted by atomic mass is 10.1. The van der Waals surface area contributed by atoms with Crippen molar-refractivity contribution in [3.05, 3.63) is 95.6 Å². The third kappa shape index (κ3) is 7.81. The van der Waals surface area contributed by atoms with Crippen molar-refractivity contribution in [3.63, 3.8) is 0 Å². The van der Waals surface area contributed by atoms with Gasteiger partial charge in [0.2, 0.25) is 5.91 Å². The summed E-state index contributed by atoms with van der Waals surface area (Å²) < 4.78 is 15.3. The van der Waals surface area contributed by atoms with Crippen LogP contribution >= 0.6 is 0 Å². The van der Waals surface area contributed by atoms with Gasteiger partial charge in [0.15, 0.2) is 0 Å². The minimum absolute atomic E-state index is 0.0938. The fraction of sp³-hybridized carbons (Fsp3) is 0.241. The molecule has 3 aromatic carbocycles. The van der Waals surface area contributed by atoms with Gasteiger partial charge in [-0.3, -0.25) is 25.2 Å². The minimum atomic E-state index is -1.69. The number of imide groups is 1. The van der Waals surface area contributed by atoms with Crippen LogP contribution in [0.3, 0.4) is 0 Å². The molecule has 1 fully saturated rings. The van der Waals surface area contributed by atoms with Crippen molar-refractivity contribution in [1.29, 1.82) is 0 Å². The molecule has 2 N–H and O–H groups in total. The van der Waals surface area contributed by atoms with Crippen LogP contribution in [0.2, 0.25) is 0 Å². The quantitative estimate of drug-likeness (QED) is 0.352. The first kappa shape index (κ1) is 28.7. The van der Waals surface area contributed by atoms with Crippen molar-refractivity contribution in [1.82, 2.24) is 15.8 Å². The second-order valence-corrected chi connectivity index (χ2v) is 8.65. The summed E-state index contributed by atoms with van der Waals surface area (Å²) in [6, 6.07) is 23.5. The third-order valence-electron chi connectivity index (χ3n) is 5.83. The van der Waals surface area contributed by atoms with Gasteiger partial charge in [-0.15, -0.1) is 0 Å². The van der Waals surface area contributed by atoms with Crippen molar-refractivity contribution in [2.75, 3.05) is 14.2 Å². The van der Waals surface area contributed by atoms with E-state index in [2.05, 4.69) is 29.9 Å². The summed E-state index contributed by atoms with van der Waals surface area (Å²) in [7, 11) is 2.97. The smallest absolute Gasteiger partial charge is 0.418 e. The Hall–Kier alpha value is -4.86. The van der Waals surface area contributed by atoms with E-state index >= 15 is 0 Å². The lowest BCUT2D eigenvalue weighted by molar-refractivity contribution is -0.141. The standard InChI is InChI=1S/C22H23N3O7.C7H8/c1-13(15-7-5-4-6-8-15)25-21(28)19(32-22(25)29)20(27)24-23-18(26)11-14-9-16(30-2)12-17(10-14)31-3;1-7-5-3-2-4-6-7/h4-10,12-13,19H,11H2,1-3H3,(H,23,26)(H,24,27);2-6H,1H3. The number of carbonyl (C=O) groups is 4. The van der Waals surface area contributed by atoms with Gasteiger partial charge in [0, 0.05) is 6.07 Å². The largest absolute Gasteiger partial charge is 0.497 e. The summed E-state index contributed by atoms with van der Waals surface area (Å²) in [5.74, 6) is -1.31. The normalized spacial score (nSPS) is 14.9. The monoisotopic (exact) mass is 533 g/mol. The number of carbonyl (C=O) groups excluding carboxylic acids is 4. The van der Waals surface area contributed by atoms with Gasteiger partial charge < -0.3 is 14.2 Å². The summed E-state index contributed by atoms with van der Waals surface area (Å²) in [6.45, 7) is 3.74. The molecule has 2 unspecified atom stereocenters. The predicted octanol–water partition coefficient (Wildman–Crippen LogP) is 3.50. The van der Waals surface area contributed by atoms with Crippen LogP contribution in [0.1, 0.15) is 29.7 Å². The molecule has 0 aromatic heterocycles. The number of hydrogen-bond acceptors (Lipinski definition) is 7. The SMILES string of the molecule is COc1cc(CC(=O)NNC(=O)C2OC(=O)N(C(C)c3ccccc3)C2=O)cc(OC)c1.Cc1ccccc1. The molecule has 39 heavy (non-hydrogen) atoms. The molecule has 204 valence electrons. The minimum Gasteiger partial charge on any atom is -0.497 e. The lowest BCUT2D eigenvalue weighted by Crippen LogP contribution is -2.49. The van der Waals surface area contributed by atoms with Crippen LogP contribution in [-0.2, 0) is 25.5 Å². The topological polar surface area (TPSA) is 123 Å². The summed E-state index contributed by atoms with van der Waals surface area (Å²) in [5.41, 5.74) is 6.95. The van der Waals surface area contributed by atoms with Gasteiger partial charge in [0.1, 0.15) is 11.5 Å². The fourth-order valence-corrected chi connectivity index (χ4v) is 3.75. The number of benzene rings is 3. The number of ether oxygens (including phenoxy) is 3. The molecule has 3 aromatic rings. The molecule has 4 amide bonds. The van der Waals surface area contributed by atoms with E-state index in [4.69, 9.17) is 14.2 Å². The fourth-order valence-electron chi connectivity index (χ4n) is 3.75. The number of hydrazine groups is 1. The highest BCUT2D eigenvalue weighted by Crippen LogP contribution is 2.27. The second kappa shape index (κ2) is 13.6. The van der Waals surface area contributed by atoms with Gasteiger partial charge >= 0.3 is 6.09 Å². The zero-order chi connectivity index (χ0) is 28.4. The molecule has 0 saturated carbocycles. The highest BCUT2D eigenvalue weighted by atomic mass is 16.6. The number of nitrogens with one attached hydrogen (secondary N) is 2. The Balaban J connectivity index is 0.000000520. The van der Waals surface area contributed by atoms with Crippen molar-refractivity contribution in [2.45, 2.75) is 32.4 Å². The number of cyclic esters (lactones) is 1. The van der Waals surface area contributed by atoms with Crippen molar-refractivity contribution >= 4 is 23.8 Å². The summed E-state index contributed by atoms with van der Waals surface area (Å²) in [4.78, 5) is 50.3. The Morgan fingerprint density at radius 3 is 1.97 bits per heavy atom. The number of methoxy groups -OCH3 is 2. The summed E-state index contributed by atoms with van der Waals surface area (Å²) >= 11 is 0. The number of rotatable bonds is 7. The molecule has 0 radical (unpaired) electrons. The van der Waals surface area contributed by atoms with Gasteiger partial charge in [-0.05, 0) is 37.1 Å². The maximum absolute atomic E-state index is 12.6. The van der Waals surface area contributed by atoms with Crippen LogP contribution < -0.4 is 20.3 Å². The van der Waals surface area contributed by atoms with E-state index in [1.807, 2.05) is 18.2 Å². The summed E-state index contributed by atoms with van der Waals surface area (Å²) in [6.07, 6.45) is -2.71. The lowest BCUT2D eigenvalue weighted by Gasteiger charge is -2.20. The van der Waals surface area contributed by atoms with Crippen molar-refractivity contribution in [2.24, 2.45) is 0 Å². The molecule has 0 spiro atoms. The van der Waals surface area contributed by atoms with Gasteiger partial charge in [-0.25, -0.2) is 9.69 Å². The Labute approximate surface area is 226 Å². The number of aryl methyl sites for hydroxylation is 1. The molecule has 4 rings (SSSR count).